The predicted molar refractivity (Wildman–Crippen MR) is 111 cm³/mol. The van der Waals surface area contributed by atoms with Gasteiger partial charge in [-0.15, -0.1) is 24.0 Å². The number of alkyl halides is 3. The molecule has 2 rings (SSSR count). The van der Waals surface area contributed by atoms with Gasteiger partial charge in [-0.3, -0.25) is 9.79 Å². The Hall–Kier alpha value is -1.52. The molecule has 1 fully saturated rings. The molecule has 1 aliphatic heterocycles. The number of hydrogen-bond acceptors (Lipinski definition) is 2. The number of rotatable bonds is 4. The molecule has 1 atom stereocenters. The molecular formula is C18H26F3IN4O. The smallest absolute Gasteiger partial charge is 0.354 e. The van der Waals surface area contributed by atoms with Crippen molar-refractivity contribution < 1.29 is 18.0 Å². The zero-order valence-electron chi connectivity index (χ0n) is 15.5. The molecule has 1 aliphatic rings. The summed E-state index contributed by atoms with van der Waals surface area (Å²) in [6, 6.07) is 4.18. The molecule has 27 heavy (non-hydrogen) atoms. The quantitative estimate of drug-likeness (QED) is 0.290. The van der Waals surface area contributed by atoms with Gasteiger partial charge in [-0.1, -0.05) is 6.92 Å². The number of amides is 1. The number of nitrogens with one attached hydrogen (secondary N) is 2. The third-order valence-electron chi connectivity index (χ3n) is 4.34. The predicted octanol–water partition coefficient (Wildman–Crippen LogP) is 3.36. The van der Waals surface area contributed by atoms with E-state index in [1.54, 1.807) is 7.05 Å². The van der Waals surface area contributed by atoms with Gasteiger partial charge in [0.05, 0.1) is 5.56 Å². The summed E-state index contributed by atoms with van der Waals surface area (Å²) in [5, 5.41) is 5.90. The van der Waals surface area contributed by atoms with Gasteiger partial charge in [-0.05, 0) is 43.0 Å². The first-order valence-electron chi connectivity index (χ1n) is 8.72. The Morgan fingerprint density at radius 2 is 1.85 bits per heavy atom. The first kappa shape index (κ1) is 23.5. The van der Waals surface area contributed by atoms with E-state index in [1.807, 2.05) is 0 Å². The molecule has 9 heteroatoms. The van der Waals surface area contributed by atoms with Crippen LogP contribution < -0.4 is 10.6 Å². The average molecular weight is 498 g/mol. The minimum Gasteiger partial charge on any atom is -0.354 e. The van der Waals surface area contributed by atoms with Crippen molar-refractivity contribution in [3.05, 3.63) is 35.4 Å². The maximum absolute atomic E-state index is 12.5. The molecule has 0 bridgehead atoms. The van der Waals surface area contributed by atoms with Gasteiger partial charge in [-0.2, -0.15) is 13.2 Å². The summed E-state index contributed by atoms with van der Waals surface area (Å²) in [6.07, 6.45) is -2.05. The van der Waals surface area contributed by atoms with E-state index in [9.17, 15) is 18.0 Å². The van der Waals surface area contributed by atoms with Crippen molar-refractivity contribution in [3.8, 4) is 0 Å². The Morgan fingerprint density at radius 1 is 1.22 bits per heavy atom. The largest absolute Gasteiger partial charge is 0.416 e. The van der Waals surface area contributed by atoms with E-state index in [-0.39, 0.29) is 29.5 Å². The summed E-state index contributed by atoms with van der Waals surface area (Å²) in [5.41, 5.74) is -0.567. The number of likely N-dealkylation sites (tertiary alicyclic amines) is 1. The Morgan fingerprint density at radius 3 is 2.41 bits per heavy atom. The highest BCUT2D eigenvalue weighted by Crippen LogP contribution is 2.29. The highest BCUT2D eigenvalue weighted by Gasteiger charge is 2.30. The number of carbonyl (C=O) groups excluding carboxylic acids is 1. The fraction of sp³-hybridized carbons (Fsp3) is 0.556. The minimum absolute atomic E-state index is 0. The van der Waals surface area contributed by atoms with Gasteiger partial charge < -0.3 is 15.5 Å². The molecule has 1 aromatic rings. The Labute approximate surface area is 174 Å². The zero-order chi connectivity index (χ0) is 19.2. The van der Waals surface area contributed by atoms with Gasteiger partial charge in [0, 0.05) is 38.8 Å². The number of nitrogens with zero attached hydrogens (tertiary/aromatic N) is 2. The van der Waals surface area contributed by atoms with Gasteiger partial charge in [-0.25, -0.2) is 0 Å². The lowest BCUT2D eigenvalue weighted by Gasteiger charge is -2.33. The van der Waals surface area contributed by atoms with Gasteiger partial charge in [0.2, 0.25) is 0 Å². The minimum atomic E-state index is -4.40. The molecule has 0 aliphatic carbocycles. The monoisotopic (exact) mass is 498 g/mol. The van der Waals surface area contributed by atoms with Crippen molar-refractivity contribution in [2.24, 2.45) is 10.9 Å². The van der Waals surface area contributed by atoms with Crippen molar-refractivity contribution in [1.82, 2.24) is 15.5 Å². The Kier molecular flexibility index (Phi) is 9.34. The van der Waals surface area contributed by atoms with Crippen LogP contribution in [0, 0.1) is 5.92 Å². The van der Waals surface area contributed by atoms with Crippen molar-refractivity contribution in [3.63, 3.8) is 0 Å². The second kappa shape index (κ2) is 10.7. The Balaban J connectivity index is 0.00000364. The third kappa shape index (κ3) is 7.19. The van der Waals surface area contributed by atoms with Crippen molar-refractivity contribution >= 4 is 35.8 Å². The highest BCUT2D eigenvalue weighted by molar-refractivity contribution is 14.0. The number of hydrogen-bond donors (Lipinski definition) is 2. The first-order valence-corrected chi connectivity index (χ1v) is 8.72. The molecule has 0 radical (unpaired) electrons. The topological polar surface area (TPSA) is 56.7 Å². The van der Waals surface area contributed by atoms with Gasteiger partial charge >= 0.3 is 6.18 Å². The molecule has 152 valence electrons. The SMILES string of the molecule is CN=C(NCCNC(=O)c1ccc(C(F)(F)F)cc1)N1CCCC(C)C1.I. The molecule has 0 spiro atoms. The molecule has 1 saturated heterocycles. The molecule has 1 amide bonds. The summed E-state index contributed by atoms with van der Waals surface area (Å²) in [6.45, 7) is 4.97. The first-order chi connectivity index (χ1) is 12.3. The fourth-order valence-electron chi connectivity index (χ4n) is 2.98. The molecule has 1 unspecified atom stereocenters. The second-order valence-electron chi connectivity index (χ2n) is 6.50. The number of guanidine groups is 1. The summed E-state index contributed by atoms with van der Waals surface area (Å²) < 4.78 is 37.6. The van der Waals surface area contributed by atoms with Crippen LogP contribution in [0.3, 0.4) is 0 Å². The van der Waals surface area contributed by atoms with Crippen LogP contribution in [0.15, 0.2) is 29.3 Å². The lowest BCUT2D eigenvalue weighted by atomic mass is 10.0. The van der Waals surface area contributed by atoms with Crippen LogP contribution in [0.25, 0.3) is 0 Å². The number of halogens is 4. The molecule has 2 N–H and O–H groups in total. The molecular weight excluding hydrogens is 472 g/mol. The maximum Gasteiger partial charge on any atom is 0.416 e. The number of piperidine rings is 1. The number of aliphatic imine (C=N–C) groups is 1. The van der Waals surface area contributed by atoms with E-state index < -0.39 is 17.6 Å². The second-order valence-corrected chi connectivity index (χ2v) is 6.50. The number of carbonyl (C=O) groups is 1. The van der Waals surface area contributed by atoms with Gasteiger partial charge in [0.1, 0.15) is 0 Å². The van der Waals surface area contributed by atoms with E-state index in [1.165, 1.54) is 18.6 Å². The standard InChI is InChI=1S/C18H25F3N4O.HI/c1-13-4-3-11-25(12-13)17(22-2)24-10-9-23-16(26)14-5-7-15(8-6-14)18(19,20)21;/h5-8,13H,3-4,9-12H2,1-2H3,(H,22,24)(H,23,26);1H. The molecule has 1 heterocycles. The van der Waals surface area contributed by atoms with E-state index >= 15 is 0 Å². The van der Waals surface area contributed by atoms with Gasteiger partial charge in [0.25, 0.3) is 5.91 Å². The lowest BCUT2D eigenvalue weighted by Crippen LogP contribution is -2.47. The summed E-state index contributed by atoms with van der Waals surface area (Å²) in [7, 11) is 1.72. The lowest BCUT2D eigenvalue weighted by molar-refractivity contribution is -0.137. The van der Waals surface area contributed by atoms with Crippen LogP contribution in [0.4, 0.5) is 13.2 Å². The van der Waals surface area contributed by atoms with Crippen LogP contribution in [-0.2, 0) is 6.18 Å². The maximum atomic E-state index is 12.5. The summed E-state index contributed by atoms with van der Waals surface area (Å²) in [5.74, 6) is 1.03. The normalized spacial score (nSPS) is 17.9. The highest BCUT2D eigenvalue weighted by atomic mass is 127. The van der Waals surface area contributed by atoms with E-state index in [4.69, 9.17) is 0 Å². The van der Waals surface area contributed by atoms with Crippen LogP contribution in [-0.4, -0.2) is 50.0 Å². The molecule has 0 saturated carbocycles. The van der Waals surface area contributed by atoms with Crippen LogP contribution >= 0.6 is 24.0 Å². The zero-order valence-corrected chi connectivity index (χ0v) is 17.8. The van der Waals surface area contributed by atoms with Crippen molar-refractivity contribution in [1.29, 1.82) is 0 Å². The third-order valence-corrected chi connectivity index (χ3v) is 4.34. The fourth-order valence-corrected chi connectivity index (χ4v) is 2.98. The van der Waals surface area contributed by atoms with Crippen LogP contribution in [0.1, 0.15) is 35.7 Å². The molecule has 0 aromatic heterocycles. The van der Waals surface area contributed by atoms with E-state index in [0.29, 0.717) is 19.0 Å². The Bertz CT molecular complexity index is 634. The van der Waals surface area contributed by atoms with Crippen LogP contribution in [0.5, 0.6) is 0 Å². The average Bonchev–Trinajstić information content (AvgIpc) is 2.61. The number of benzene rings is 1. The van der Waals surface area contributed by atoms with E-state index in [2.05, 4.69) is 27.4 Å². The van der Waals surface area contributed by atoms with Crippen LogP contribution in [0.2, 0.25) is 0 Å². The van der Waals surface area contributed by atoms with E-state index in [0.717, 1.165) is 37.6 Å². The molecule has 5 nitrogen and oxygen atoms in total. The van der Waals surface area contributed by atoms with Gasteiger partial charge in [0.15, 0.2) is 5.96 Å². The van der Waals surface area contributed by atoms with Crippen molar-refractivity contribution in [2.75, 3.05) is 33.2 Å². The molecule has 1 aromatic carbocycles. The van der Waals surface area contributed by atoms with Crippen molar-refractivity contribution in [2.45, 2.75) is 25.9 Å². The summed E-state index contributed by atoms with van der Waals surface area (Å²) in [4.78, 5) is 18.5. The summed E-state index contributed by atoms with van der Waals surface area (Å²) >= 11 is 0.